The molecule has 0 unspecified atom stereocenters. The van der Waals surface area contributed by atoms with E-state index < -0.39 is 17.7 Å². The summed E-state index contributed by atoms with van der Waals surface area (Å²) in [6.45, 7) is 1.73. The van der Waals surface area contributed by atoms with E-state index in [9.17, 15) is 22.0 Å². The van der Waals surface area contributed by atoms with E-state index in [1.165, 1.54) is 10.7 Å². The predicted octanol–water partition coefficient (Wildman–Crippen LogP) is 5.36. The van der Waals surface area contributed by atoms with Crippen LogP contribution in [-0.4, -0.2) is 27.5 Å². The molecule has 0 fully saturated rings. The van der Waals surface area contributed by atoms with E-state index in [4.69, 9.17) is 0 Å². The van der Waals surface area contributed by atoms with Crippen molar-refractivity contribution in [3.05, 3.63) is 29.8 Å². The van der Waals surface area contributed by atoms with Crippen LogP contribution in [0.25, 0.3) is 11.3 Å². The maximum absolute atomic E-state index is 12.4. The summed E-state index contributed by atoms with van der Waals surface area (Å²) in [6, 6.07) is 6.57. The number of thioether (sulfide) groups is 2. The zero-order chi connectivity index (χ0) is 17.2. The second-order valence-electron chi connectivity index (χ2n) is 4.75. The molecule has 9 heteroatoms. The molecule has 0 aliphatic carbocycles. The second kappa shape index (κ2) is 7.12. The van der Waals surface area contributed by atoms with Crippen LogP contribution in [-0.2, 0) is 7.05 Å². The first kappa shape index (κ1) is 18.1. The lowest BCUT2D eigenvalue weighted by Crippen LogP contribution is -2.10. The van der Waals surface area contributed by atoms with Gasteiger partial charge in [-0.25, -0.2) is 0 Å². The van der Waals surface area contributed by atoms with Gasteiger partial charge in [0.05, 0.1) is 11.4 Å². The van der Waals surface area contributed by atoms with Crippen molar-refractivity contribution in [2.24, 2.45) is 7.05 Å². The number of halogens is 5. The highest BCUT2D eigenvalue weighted by Crippen LogP contribution is 2.34. The number of alkyl halides is 5. The van der Waals surface area contributed by atoms with E-state index in [2.05, 4.69) is 5.10 Å². The van der Waals surface area contributed by atoms with Crippen molar-refractivity contribution in [1.29, 1.82) is 0 Å². The predicted molar refractivity (Wildman–Crippen MR) is 82.0 cm³/mol. The van der Waals surface area contributed by atoms with Gasteiger partial charge in [-0.15, -0.1) is 11.8 Å². The molecule has 0 bridgehead atoms. The van der Waals surface area contributed by atoms with Gasteiger partial charge in [-0.05, 0) is 36.4 Å². The average Bonchev–Trinajstić information content (AvgIpc) is 2.77. The molecular weight excluding hydrogens is 355 g/mol. The van der Waals surface area contributed by atoms with Crippen molar-refractivity contribution >= 4 is 23.5 Å². The molecule has 0 aliphatic rings. The van der Waals surface area contributed by atoms with E-state index in [1.54, 1.807) is 32.2 Å². The molecule has 1 heterocycles. The highest BCUT2D eigenvalue weighted by Gasteiger charge is 2.27. The molecule has 0 saturated heterocycles. The van der Waals surface area contributed by atoms with Crippen LogP contribution in [0, 0.1) is 6.92 Å². The van der Waals surface area contributed by atoms with Crippen LogP contribution in [0.2, 0.25) is 0 Å². The van der Waals surface area contributed by atoms with Gasteiger partial charge in [0.2, 0.25) is 0 Å². The maximum atomic E-state index is 12.4. The van der Waals surface area contributed by atoms with E-state index in [0.29, 0.717) is 39.7 Å². The summed E-state index contributed by atoms with van der Waals surface area (Å²) in [4.78, 5) is 0.504. The molecule has 0 saturated carbocycles. The second-order valence-corrected chi connectivity index (χ2v) is 6.78. The number of hydrogen-bond donors (Lipinski definition) is 0. The Morgan fingerprint density at radius 3 is 2.52 bits per heavy atom. The van der Waals surface area contributed by atoms with Crippen molar-refractivity contribution in [1.82, 2.24) is 9.78 Å². The Kier molecular flexibility index (Phi) is 5.61. The summed E-state index contributed by atoms with van der Waals surface area (Å²) >= 11 is 1.04. The van der Waals surface area contributed by atoms with Gasteiger partial charge < -0.3 is 0 Å². The van der Waals surface area contributed by atoms with Crippen LogP contribution in [0.3, 0.4) is 0 Å². The Hall–Kier alpha value is -1.22. The van der Waals surface area contributed by atoms with E-state index in [1.807, 2.05) is 0 Å². The fourth-order valence-electron chi connectivity index (χ4n) is 1.93. The Morgan fingerprint density at radius 2 is 1.91 bits per heavy atom. The van der Waals surface area contributed by atoms with Crippen LogP contribution in [0.4, 0.5) is 22.0 Å². The summed E-state index contributed by atoms with van der Waals surface area (Å²) in [6.07, 6.45) is -4.25. The zero-order valence-electron chi connectivity index (χ0n) is 12.2. The molecule has 2 nitrogen and oxygen atoms in total. The van der Waals surface area contributed by atoms with Crippen molar-refractivity contribution < 1.29 is 22.0 Å². The summed E-state index contributed by atoms with van der Waals surface area (Å²) in [5.41, 5.74) is 1.94. The van der Waals surface area contributed by atoms with Gasteiger partial charge in [0.1, 0.15) is 5.03 Å². The molecule has 0 radical (unpaired) electrons. The van der Waals surface area contributed by atoms with Crippen LogP contribution >= 0.6 is 23.5 Å². The molecule has 126 valence electrons. The fraction of sp³-hybridized carbons (Fsp3) is 0.357. The quantitative estimate of drug-likeness (QED) is 0.522. The van der Waals surface area contributed by atoms with Crippen molar-refractivity contribution in [3.63, 3.8) is 0 Å². The molecule has 23 heavy (non-hydrogen) atoms. The van der Waals surface area contributed by atoms with E-state index in [-0.39, 0.29) is 5.03 Å². The van der Waals surface area contributed by atoms with Crippen LogP contribution in [0.1, 0.15) is 5.56 Å². The molecule has 0 N–H and O–H groups in total. The SMILES string of the molecule is Cc1ccc(-c2cc(SC(F)F)nn2C)cc1SCC(F)(F)F. The first-order valence-electron chi connectivity index (χ1n) is 6.45. The first-order valence-corrected chi connectivity index (χ1v) is 8.31. The normalized spacial score (nSPS) is 12.2. The maximum Gasteiger partial charge on any atom is 0.398 e. The van der Waals surface area contributed by atoms with Crippen molar-refractivity contribution in [2.45, 2.75) is 28.8 Å². The zero-order valence-corrected chi connectivity index (χ0v) is 13.8. The monoisotopic (exact) mass is 368 g/mol. The third kappa shape index (κ3) is 5.13. The first-order chi connectivity index (χ1) is 10.7. The molecule has 1 aromatic carbocycles. The van der Waals surface area contributed by atoms with Crippen molar-refractivity contribution in [3.8, 4) is 11.3 Å². The summed E-state index contributed by atoms with van der Waals surface area (Å²) < 4.78 is 63.4. The minimum atomic E-state index is -4.25. The molecule has 2 aromatic rings. The molecule has 0 spiro atoms. The molecule has 0 aliphatic heterocycles. The molecule has 2 rings (SSSR count). The number of aryl methyl sites for hydroxylation is 2. The average molecular weight is 368 g/mol. The van der Waals surface area contributed by atoms with Crippen LogP contribution in [0.15, 0.2) is 34.2 Å². The summed E-state index contributed by atoms with van der Waals surface area (Å²) in [5.74, 6) is -3.55. The van der Waals surface area contributed by atoms with E-state index >= 15 is 0 Å². The minimum absolute atomic E-state index is 0.169. The van der Waals surface area contributed by atoms with Gasteiger partial charge in [-0.3, -0.25) is 4.68 Å². The standard InChI is InChI=1S/C14H13F5N2S2/c1-8-3-4-9(5-11(8)22-7-14(17,18)19)10-6-12(20-21(10)2)23-13(15)16/h3-6,13H,7H2,1-2H3. The number of benzene rings is 1. The topological polar surface area (TPSA) is 17.8 Å². The van der Waals surface area contributed by atoms with Gasteiger partial charge in [-0.1, -0.05) is 12.1 Å². The third-order valence-corrected chi connectivity index (χ3v) is 4.78. The van der Waals surface area contributed by atoms with Crippen molar-refractivity contribution in [2.75, 3.05) is 5.75 Å². The lowest BCUT2D eigenvalue weighted by Gasteiger charge is -2.10. The van der Waals surface area contributed by atoms with Crippen LogP contribution in [0.5, 0.6) is 0 Å². The van der Waals surface area contributed by atoms with Crippen LogP contribution < -0.4 is 0 Å². The summed E-state index contributed by atoms with van der Waals surface area (Å²) in [7, 11) is 1.60. The number of rotatable bonds is 5. The van der Waals surface area contributed by atoms with Gasteiger partial charge in [-0.2, -0.15) is 27.1 Å². The molecule has 1 aromatic heterocycles. The Labute approximate surface area is 138 Å². The lowest BCUT2D eigenvalue weighted by atomic mass is 10.1. The third-order valence-electron chi connectivity index (χ3n) is 2.94. The molecule has 0 amide bonds. The molecular formula is C14H13F5N2S2. The number of aromatic nitrogens is 2. The van der Waals surface area contributed by atoms with E-state index in [0.717, 1.165) is 5.56 Å². The number of nitrogens with zero attached hydrogens (tertiary/aromatic N) is 2. The smallest absolute Gasteiger partial charge is 0.267 e. The Morgan fingerprint density at radius 1 is 1.22 bits per heavy atom. The highest BCUT2D eigenvalue weighted by molar-refractivity contribution is 7.99. The lowest BCUT2D eigenvalue weighted by molar-refractivity contribution is -0.105. The Bertz CT molecular complexity index is 682. The van der Waals surface area contributed by atoms with Gasteiger partial charge in [0.15, 0.2) is 0 Å². The number of hydrogen-bond acceptors (Lipinski definition) is 3. The summed E-state index contributed by atoms with van der Waals surface area (Å²) in [5, 5.41) is 4.15. The van der Waals surface area contributed by atoms with Gasteiger partial charge >= 0.3 is 6.18 Å². The Balaban J connectivity index is 2.28. The minimum Gasteiger partial charge on any atom is -0.267 e. The fourth-order valence-corrected chi connectivity index (χ4v) is 3.29. The largest absolute Gasteiger partial charge is 0.398 e. The van der Waals surface area contributed by atoms with Gasteiger partial charge in [0, 0.05) is 17.5 Å². The van der Waals surface area contributed by atoms with Gasteiger partial charge in [0.25, 0.3) is 5.76 Å². The highest BCUT2D eigenvalue weighted by atomic mass is 32.2. The molecule has 0 atom stereocenters.